The van der Waals surface area contributed by atoms with Crippen LogP contribution in [0.5, 0.6) is 0 Å². The van der Waals surface area contributed by atoms with Crippen LogP contribution in [0.2, 0.25) is 0 Å². The number of hydrogen-bond acceptors (Lipinski definition) is 5. The van der Waals surface area contributed by atoms with E-state index < -0.39 is 6.10 Å². The standard InChI is InChI=1S/C28H35FN4O3/c29-27-13-23(33-24-7-8-25(33)19-36-18-24)6-5-22(27)15-31-11-12-32(28(31)35)17-26(34)16-30-10-9-20-3-1-2-4-21(20)14-30/h1-6,13,24-26,34H,7-12,14-19H2. The maximum atomic E-state index is 15.1. The van der Waals surface area contributed by atoms with Crippen molar-refractivity contribution in [1.82, 2.24) is 14.7 Å². The summed E-state index contributed by atoms with van der Waals surface area (Å²) in [6.07, 6.45) is 2.54. The predicted octanol–water partition coefficient (Wildman–Crippen LogP) is 2.85. The molecule has 2 aromatic carbocycles. The summed E-state index contributed by atoms with van der Waals surface area (Å²) in [6.45, 7) is 5.32. The zero-order chi connectivity index (χ0) is 24.6. The number of β-amino-alcohol motifs (C(OH)–C–C–N with tert-alkyl or cyclic N) is 1. The number of amides is 2. The summed E-state index contributed by atoms with van der Waals surface area (Å²) in [5, 5.41) is 10.7. The number of fused-ring (bicyclic) bond motifs is 3. The van der Waals surface area contributed by atoms with Crippen LogP contribution in [0.4, 0.5) is 14.9 Å². The molecule has 4 aliphatic heterocycles. The van der Waals surface area contributed by atoms with E-state index in [9.17, 15) is 9.90 Å². The van der Waals surface area contributed by atoms with Crippen molar-refractivity contribution in [3.05, 3.63) is 65.0 Å². The summed E-state index contributed by atoms with van der Waals surface area (Å²) in [5.41, 5.74) is 4.13. The number of aliphatic hydroxyl groups excluding tert-OH is 1. The number of benzene rings is 2. The molecule has 192 valence electrons. The molecule has 6 rings (SSSR count). The molecule has 1 N–H and O–H groups in total. The Morgan fingerprint density at radius 3 is 2.50 bits per heavy atom. The van der Waals surface area contributed by atoms with Crippen molar-refractivity contribution in [2.75, 3.05) is 50.8 Å². The van der Waals surface area contributed by atoms with Gasteiger partial charge in [0.25, 0.3) is 0 Å². The van der Waals surface area contributed by atoms with E-state index in [-0.39, 0.29) is 18.4 Å². The number of urea groups is 1. The van der Waals surface area contributed by atoms with Crippen LogP contribution in [-0.2, 0) is 24.2 Å². The van der Waals surface area contributed by atoms with E-state index in [0.29, 0.717) is 57.0 Å². The lowest BCUT2D eigenvalue weighted by Crippen LogP contribution is -2.46. The summed E-state index contributed by atoms with van der Waals surface area (Å²) >= 11 is 0. The summed E-state index contributed by atoms with van der Waals surface area (Å²) < 4.78 is 20.7. The number of nitrogens with zero attached hydrogens (tertiary/aromatic N) is 4. The van der Waals surface area contributed by atoms with Crippen LogP contribution in [0.25, 0.3) is 0 Å². The van der Waals surface area contributed by atoms with Crippen molar-refractivity contribution in [2.24, 2.45) is 0 Å². The molecule has 7 nitrogen and oxygen atoms in total. The summed E-state index contributed by atoms with van der Waals surface area (Å²) in [7, 11) is 0. The maximum absolute atomic E-state index is 15.1. The first kappa shape index (κ1) is 23.7. The number of halogens is 1. The average Bonchev–Trinajstić information content (AvgIpc) is 3.34. The van der Waals surface area contributed by atoms with Crippen LogP contribution >= 0.6 is 0 Å². The van der Waals surface area contributed by atoms with Crippen molar-refractivity contribution in [3.8, 4) is 0 Å². The lowest BCUT2D eigenvalue weighted by atomic mass is 10.00. The van der Waals surface area contributed by atoms with E-state index in [0.717, 1.165) is 38.0 Å². The fourth-order valence-electron chi connectivity index (χ4n) is 6.35. The maximum Gasteiger partial charge on any atom is 0.320 e. The highest BCUT2D eigenvalue weighted by molar-refractivity contribution is 5.76. The Bertz CT molecular complexity index is 1100. The predicted molar refractivity (Wildman–Crippen MR) is 135 cm³/mol. The van der Waals surface area contributed by atoms with Gasteiger partial charge in [0.1, 0.15) is 5.82 Å². The highest BCUT2D eigenvalue weighted by Gasteiger charge is 2.38. The van der Waals surface area contributed by atoms with Gasteiger partial charge in [-0.3, -0.25) is 4.90 Å². The van der Waals surface area contributed by atoms with Gasteiger partial charge >= 0.3 is 6.03 Å². The van der Waals surface area contributed by atoms with Crippen LogP contribution in [0.1, 0.15) is 29.5 Å². The quantitative estimate of drug-likeness (QED) is 0.642. The number of aliphatic hydroxyl groups is 1. The van der Waals surface area contributed by atoms with Crippen LogP contribution < -0.4 is 4.90 Å². The van der Waals surface area contributed by atoms with Crippen LogP contribution in [0, 0.1) is 5.82 Å². The minimum Gasteiger partial charge on any atom is -0.390 e. The van der Waals surface area contributed by atoms with Gasteiger partial charge in [-0.05, 0) is 42.5 Å². The van der Waals surface area contributed by atoms with Crippen molar-refractivity contribution < 1.29 is 19.0 Å². The molecular formula is C28H35FN4O3. The molecule has 0 radical (unpaired) electrons. The van der Waals surface area contributed by atoms with Gasteiger partial charge in [0.05, 0.1) is 37.9 Å². The van der Waals surface area contributed by atoms with Gasteiger partial charge in [0.15, 0.2) is 0 Å². The van der Waals surface area contributed by atoms with E-state index in [1.807, 2.05) is 12.1 Å². The fraction of sp³-hybridized carbons (Fsp3) is 0.536. The molecule has 4 heterocycles. The Kier molecular flexibility index (Phi) is 6.58. The largest absolute Gasteiger partial charge is 0.390 e. The van der Waals surface area contributed by atoms with Crippen LogP contribution in [0.15, 0.2) is 42.5 Å². The fourth-order valence-corrected chi connectivity index (χ4v) is 6.35. The minimum atomic E-state index is -0.612. The summed E-state index contributed by atoms with van der Waals surface area (Å²) in [5.74, 6) is -0.268. The number of anilines is 1. The molecule has 2 bridgehead atoms. The molecule has 36 heavy (non-hydrogen) atoms. The number of carbonyl (C=O) groups is 1. The normalized spacial score (nSPS) is 24.9. The smallest absolute Gasteiger partial charge is 0.320 e. The van der Waals surface area contributed by atoms with Gasteiger partial charge in [0.2, 0.25) is 0 Å². The Labute approximate surface area is 212 Å². The third-order valence-electron chi connectivity index (χ3n) is 8.23. The molecule has 2 amide bonds. The monoisotopic (exact) mass is 494 g/mol. The van der Waals surface area contributed by atoms with Crippen molar-refractivity contribution in [2.45, 2.75) is 50.5 Å². The second kappa shape index (κ2) is 10.00. The van der Waals surface area contributed by atoms with Gasteiger partial charge in [-0.1, -0.05) is 30.3 Å². The first-order valence-electron chi connectivity index (χ1n) is 13.2. The lowest BCUT2D eigenvalue weighted by molar-refractivity contribution is 0.0811. The molecule has 0 spiro atoms. The molecule has 8 heteroatoms. The Hall–Kier alpha value is -2.68. The second-order valence-electron chi connectivity index (χ2n) is 10.7. The molecule has 3 atom stereocenters. The third-order valence-corrected chi connectivity index (χ3v) is 8.23. The molecule has 0 aromatic heterocycles. The van der Waals surface area contributed by atoms with E-state index in [1.165, 1.54) is 11.1 Å². The lowest BCUT2D eigenvalue weighted by Gasteiger charge is -2.36. The zero-order valence-electron chi connectivity index (χ0n) is 20.7. The molecular weight excluding hydrogens is 459 g/mol. The van der Waals surface area contributed by atoms with Gasteiger partial charge in [-0.25, -0.2) is 9.18 Å². The molecule has 4 aliphatic rings. The van der Waals surface area contributed by atoms with E-state index in [2.05, 4.69) is 34.1 Å². The number of carbonyl (C=O) groups excluding carboxylic acids is 1. The topological polar surface area (TPSA) is 59.5 Å². The van der Waals surface area contributed by atoms with Gasteiger partial charge in [-0.15, -0.1) is 0 Å². The highest BCUT2D eigenvalue weighted by atomic mass is 19.1. The molecule has 3 fully saturated rings. The first-order chi connectivity index (χ1) is 17.5. The third kappa shape index (κ3) is 4.69. The number of rotatable bonds is 7. The first-order valence-corrected chi connectivity index (χ1v) is 13.2. The molecule has 3 saturated heterocycles. The molecule has 0 aliphatic carbocycles. The number of ether oxygens (including phenoxy) is 1. The summed E-state index contributed by atoms with van der Waals surface area (Å²) in [4.78, 5) is 20.9. The Morgan fingerprint density at radius 2 is 1.72 bits per heavy atom. The minimum absolute atomic E-state index is 0.132. The highest BCUT2D eigenvalue weighted by Crippen LogP contribution is 2.34. The van der Waals surface area contributed by atoms with Gasteiger partial charge in [-0.2, -0.15) is 0 Å². The zero-order valence-corrected chi connectivity index (χ0v) is 20.7. The van der Waals surface area contributed by atoms with Gasteiger partial charge in [0, 0.05) is 50.5 Å². The second-order valence-corrected chi connectivity index (χ2v) is 10.7. The van der Waals surface area contributed by atoms with E-state index >= 15 is 4.39 Å². The molecule has 2 aromatic rings. The molecule has 0 saturated carbocycles. The number of morpholine rings is 1. The average molecular weight is 495 g/mol. The van der Waals surface area contributed by atoms with E-state index in [1.54, 1.807) is 15.9 Å². The van der Waals surface area contributed by atoms with Crippen LogP contribution in [0.3, 0.4) is 0 Å². The van der Waals surface area contributed by atoms with Crippen molar-refractivity contribution in [3.63, 3.8) is 0 Å². The van der Waals surface area contributed by atoms with Crippen LogP contribution in [-0.4, -0.2) is 90.0 Å². The van der Waals surface area contributed by atoms with Crippen molar-refractivity contribution >= 4 is 11.7 Å². The van der Waals surface area contributed by atoms with Crippen molar-refractivity contribution in [1.29, 1.82) is 0 Å². The SMILES string of the molecule is O=C1N(Cc2ccc(N3C4CCC3COC4)cc2F)CCN1CC(O)CN1CCc2ccccc2C1. The van der Waals surface area contributed by atoms with Gasteiger partial charge < -0.3 is 24.5 Å². The molecule has 3 unspecified atom stereocenters. The Morgan fingerprint density at radius 1 is 0.972 bits per heavy atom. The van der Waals surface area contributed by atoms with E-state index in [4.69, 9.17) is 4.74 Å². The Balaban J connectivity index is 1.03. The number of hydrogen-bond donors (Lipinski definition) is 1. The summed E-state index contributed by atoms with van der Waals surface area (Å²) in [6, 6.07) is 14.4.